The van der Waals surface area contributed by atoms with E-state index in [0.717, 1.165) is 124 Å². The summed E-state index contributed by atoms with van der Waals surface area (Å²) in [5, 5.41) is 19.6. The van der Waals surface area contributed by atoms with E-state index < -0.39 is 0 Å². The quantitative estimate of drug-likeness (QED) is 0.0469. The lowest BCUT2D eigenvalue weighted by molar-refractivity contribution is -0.250. The molecule has 0 aromatic rings. The van der Waals surface area contributed by atoms with Crippen molar-refractivity contribution in [1.29, 1.82) is 0 Å². The van der Waals surface area contributed by atoms with Crippen molar-refractivity contribution in [2.45, 2.75) is 355 Å². The Hall–Kier alpha value is -0.200. The minimum absolute atomic E-state index is 0.184. The molecule has 0 saturated carbocycles. The Kier molecular flexibility index (Phi) is 47.3. The first-order valence-corrected chi connectivity index (χ1v) is 33.8. The molecule has 2 N–H and O–H groups in total. The summed E-state index contributed by atoms with van der Waals surface area (Å²) in [7, 11) is 0. The van der Waals surface area contributed by atoms with Crippen LogP contribution < -0.4 is 0 Å². The number of rotatable bonds is 54. The Morgan fingerprint density at radius 3 is 0.693 bits per heavy atom. The zero-order valence-corrected chi connectivity index (χ0v) is 54.6. The topological polar surface area (TPSA) is 68.2 Å². The van der Waals surface area contributed by atoms with Gasteiger partial charge in [0.25, 0.3) is 0 Å². The van der Waals surface area contributed by atoms with Crippen LogP contribution in [0.25, 0.3) is 0 Å². The van der Waals surface area contributed by atoms with E-state index in [4.69, 9.17) is 14.2 Å². The number of unbranched alkanes of at least 4 members (excludes halogenated alkanes) is 10. The van der Waals surface area contributed by atoms with Gasteiger partial charge in [-0.1, -0.05) is 188 Å². The smallest absolute Gasteiger partial charge is 0.160 e. The van der Waals surface area contributed by atoms with Crippen molar-refractivity contribution in [3.63, 3.8) is 0 Å². The highest BCUT2D eigenvalue weighted by Gasteiger charge is 2.23. The van der Waals surface area contributed by atoms with Crippen molar-refractivity contribution >= 4 is 0 Å². The van der Waals surface area contributed by atoms with Crippen molar-refractivity contribution in [1.82, 2.24) is 0 Å². The summed E-state index contributed by atoms with van der Waals surface area (Å²) in [5.74, 6) is 10.2. The zero-order chi connectivity index (χ0) is 56.6. The molecule has 0 heterocycles. The van der Waals surface area contributed by atoms with Crippen LogP contribution in [0.2, 0.25) is 0 Å². The molecule has 0 bridgehead atoms. The fourth-order valence-electron chi connectivity index (χ4n) is 14.8. The molecule has 0 spiro atoms. The van der Waals surface area contributed by atoms with E-state index in [1.807, 2.05) is 13.8 Å². The first-order chi connectivity index (χ1) is 35.5. The molecule has 0 saturated heterocycles. The normalized spacial score (nSPS) is 19.7. The largest absolute Gasteiger partial charge is 0.393 e. The highest BCUT2D eigenvalue weighted by molar-refractivity contribution is 4.73. The second kappa shape index (κ2) is 47.4. The molecule has 0 rings (SSSR count). The highest BCUT2D eigenvalue weighted by Crippen LogP contribution is 2.33. The summed E-state index contributed by atoms with van der Waals surface area (Å²) < 4.78 is 20.3. The average molecular weight is 1060 g/mol. The van der Waals surface area contributed by atoms with Gasteiger partial charge in [0.05, 0.1) is 12.2 Å². The first-order valence-electron chi connectivity index (χ1n) is 33.8. The van der Waals surface area contributed by atoms with Gasteiger partial charge in [-0.2, -0.15) is 0 Å². The van der Waals surface area contributed by atoms with Crippen LogP contribution in [0, 0.1) is 82.9 Å². The third-order valence-corrected chi connectivity index (χ3v) is 17.3. The van der Waals surface area contributed by atoms with Crippen LogP contribution in [0.4, 0.5) is 0 Å². The summed E-state index contributed by atoms with van der Waals surface area (Å²) in [5.41, 5.74) is 0. The SMILES string of the molecule is CCCCCCCCOC(CCCC(C)CC(C)CC(C)CC(C)CC(C)CC(C)CC(C)CC(C)O)OC(CCCC(C)CC(C)CC(C)CC(C)CC(C)CC(C)CC(C)CC(C)O)OCCCCCCCC. The van der Waals surface area contributed by atoms with Gasteiger partial charge in [0.2, 0.25) is 0 Å². The minimum atomic E-state index is -0.184. The summed E-state index contributed by atoms with van der Waals surface area (Å²) >= 11 is 0. The van der Waals surface area contributed by atoms with Crippen molar-refractivity contribution < 1.29 is 24.4 Å². The Bertz CT molecular complexity index is 1120. The predicted molar refractivity (Wildman–Crippen MR) is 331 cm³/mol. The second-order valence-electron chi connectivity index (χ2n) is 28.6. The van der Waals surface area contributed by atoms with Crippen LogP contribution in [-0.2, 0) is 14.2 Å². The van der Waals surface area contributed by atoms with Crippen LogP contribution in [0.5, 0.6) is 0 Å². The molecule has 0 radical (unpaired) electrons. The van der Waals surface area contributed by atoms with Gasteiger partial charge in [-0.05, 0) is 225 Å². The molecule has 0 aromatic heterocycles. The number of ether oxygens (including phenoxy) is 3. The molecule has 18 atom stereocenters. The van der Waals surface area contributed by atoms with Gasteiger partial charge >= 0.3 is 0 Å². The van der Waals surface area contributed by atoms with Crippen LogP contribution >= 0.6 is 0 Å². The summed E-state index contributed by atoms with van der Waals surface area (Å²) in [4.78, 5) is 0. The minimum Gasteiger partial charge on any atom is -0.393 e. The van der Waals surface area contributed by atoms with Gasteiger partial charge in [0.15, 0.2) is 12.6 Å². The van der Waals surface area contributed by atoms with Gasteiger partial charge in [-0.3, -0.25) is 0 Å². The fourth-order valence-corrected chi connectivity index (χ4v) is 14.8. The summed E-state index contributed by atoms with van der Waals surface area (Å²) in [6, 6.07) is 0. The number of hydrogen-bond donors (Lipinski definition) is 2. The molecule has 0 fully saturated rings. The van der Waals surface area contributed by atoms with Crippen molar-refractivity contribution in [3.05, 3.63) is 0 Å². The van der Waals surface area contributed by atoms with Crippen LogP contribution in [0.1, 0.15) is 330 Å². The number of aliphatic hydroxyl groups is 2. The third kappa shape index (κ3) is 47.2. The maximum atomic E-state index is 9.82. The van der Waals surface area contributed by atoms with Crippen molar-refractivity contribution in [2.75, 3.05) is 13.2 Å². The lowest BCUT2D eigenvalue weighted by Gasteiger charge is -2.27. The molecule has 0 aliphatic heterocycles. The molecule has 452 valence electrons. The van der Waals surface area contributed by atoms with E-state index >= 15 is 0 Å². The van der Waals surface area contributed by atoms with E-state index in [1.165, 1.54) is 154 Å². The Balaban J connectivity index is 5.33. The zero-order valence-electron chi connectivity index (χ0n) is 54.6. The molecular weight excluding hydrogens is 921 g/mol. The van der Waals surface area contributed by atoms with E-state index in [9.17, 15) is 10.2 Å². The van der Waals surface area contributed by atoms with E-state index in [-0.39, 0.29) is 24.8 Å². The highest BCUT2D eigenvalue weighted by atomic mass is 16.8. The van der Waals surface area contributed by atoms with Gasteiger partial charge in [0.1, 0.15) is 0 Å². The van der Waals surface area contributed by atoms with Crippen molar-refractivity contribution in [2.24, 2.45) is 82.9 Å². The molecule has 0 aromatic carbocycles. The maximum Gasteiger partial charge on any atom is 0.160 e. The lowest BCUT2D eigenvalue weighted by atomic mass is 9.80. The average Bonchev–Trinajstić information content (AvgIpc) is 3.26. The van der Waals surface area contributed by atoms with Gasteiger partial charge < -0.3 is 24.4 Å². The van der Waals surface area contributed by atoms with E-state index in [1.54, 1.807) is 0 Å². The van der Waals surface area contributed by atoms with Crippen LogP contribution in [0.3, 0.4) is 0 Å². The molecule has 0 aliphatic rings. The molecule has 0 amide bonds. The summed E-state index contributed by atoms with van der Waals surface area (Å²) in [6.45, 7) is 44.5. The van der Waals surface area contributed by atoms with Crippen LogP contribution in [-0.4, -0.2) is 48.2 Å². The van der Waals surface area contributed by atoms with E-state index in [0.29, 0.717) is 23.7 Å². The molecule has 5 heteroatoms. The standard InChI is InChI=1S/C70H142O5/c1-19-21-23-25-27-29-37-73-69(35-31-33-53(3)39-55(5)41-57(7)43-59(9)45-61(11)47-63(13)49-65(15)51-67(17)71)75-70(74-38-30-28-26-24-22-20-2)36-32-34-54(4)40-56(6)42-58(8)44-60(10)46-62(12)48-64(14)50-66(16)52-68(18)72/h53-72H,19-52H2,1-18H3. The fraction of sp³-hybridized carbons (Fsp3) is 1.00. The van der Waals surface area contributed by atoms with Gasteiger partial charge in [-0.25, -0.2) is 0 Å². The Morgan fingerprint density at radius 1 is 0.240 bits per heavy atom. The molecular formula is C70H142O5. The van der Waals surface area contributed by atoms with E-state index in [2.05, 4.69) is 111 Å². The van der Waals surface area contributed by atoms with Gasteiger partial charge in [0, 0.05) is 13.2 Å². The van der Waals surface area contributed by atoms with Crippen LogP contribution in [0.15, 0.2) is 0 Å². The number of hydrogen-bond acceptors (Lipinski definition) is 5. The molecule has 18 unspecified atom stereocenters. The monoisotopic (exact) mass is 1060 g/mol. The number of aliphatic hydroxyl groups excluding tert-OH is 2. The first kappa shape index (κ1) is 74.8. The third-order valence-electron chi connectivity index (χ3n) is 17.3. The second-order valence-corrected chi connectivity index (χ2v) is 28.6. The molecule has 75 heavy (non-hydrogen) atoms. The lowest BCUT2D eigenvalue weighted by Crippen LogP contribution is -2.28. The molecule has 0 aliphatic carbocycles. The van der Waals surface area contributed by atoms with Gasteiger partial charge in [-0.15, -0.1) is 0 Å². The predicted octanol–water partition coefficient (Wildman–Crippen LogP) is 21.9. The Labute approximate surface area is 473 Å². The molecule has 5 nitrogen and oxygen atoms in total. The Morgan fingerprint density at radius 2 is 0.453 bits per heavy atom. The maximum absolute atomic E-state index is 9.82. The summed E-state index contributed by atoms with van der Waals surface area (Å²) in [6.07, 6.45) is 38.9. The van der Waals surface area contributed by atoms with Crippen molar-refractivity contribution in [3.8, 4) is 0 Å².